The van der Waals surface area contributed by atoms with E-state index in [-0.39, 0.29) is 44.6 Å². The Morgan fingerprint density at radius 3 is 1.53 bits per heavy atom. The van der Waals surface area contributed by atoms with Crippen molar-refractivity contribution in [2.24, 2.45) is 23.1 Å². The first-order valence-corrected chi connectivity index (χ1v) is 22.4. The van der Waals surface area contributed by atoms with Gasteiger partial charge in [-0.3, -0.25) is 33.6 Å². The van der Waals surface area contributed by atoms with Gasteiger partial charge in [0.1, 0.15) is 18.1 Å². The van der Waals surface area contributed by atoms with Crippen LogP contribution in [0.3, 0.4) is 0 Å². The number of halogens is 1. The van der Waals surface area contributed by atoms with Crippen molar-refractivity contribution >= 4 is 53.0 Å². The molecule has 0 saturated carbocycles. The summed E-state index contributed by atoms with van der Waals surface area (Å²) in [4.78, 5) is 93.1. The molecule has 0 radical (unpaired) electrons. The van der Waals surface area contributed by atoms with E-state index in [1.807, 2.05) is 44.2 Å². The SMILES string of the molecule is CC(C)C[C@@H](CN[C@@H](Cc1ccccc1)C(N)=O)NC(=O)CNC(=O)[C@H](Cc1ccccc1)NC(=O)[C@H](Cc1ccccc1)NC(=O)[C@H](CCC(N)=O)NC(=O)[C@H](N)Cc1ccccc1Cl. The van der Waals surface area contributed by atoms with Crippen molar-refractivity contribution in [3.63, 3.8) is 0 Å². The molecule has 7 amide bonds. The van der Waals surface area contributed by atoms with Crippen LogP contribution >= 0.6 is 11.6 Å². The normalized spacial score (nSPS) is 13.8. The highest BCUT2D eigenvalue weighted by Crippen LogP contribution is 2.17. The molecule has 0 aliphatic rings. The van der Waals surface area contributed by atoms with Gasteiger partial charge in [0.25, 0.3) is 0 Å². The van der Waals surface area contributed by atoms with Gasteiger partial charge in [-0.1, -0.05) is 135 Å². The van der Waals surface area contributed by atoms with Crippen LogP contribution in [0.25, 0.3) is 0 Å². The van der Waals surface area contributed by atoms with E-state index in [9.17, 15) is 33.6 Å². The van der Waals surface area contributed by atoms with Crippen molar-refractivity contribution in [2.45, 2.75) is 95.0 Å². The number of benzene rings is 4. The van der Waals surface area contributed by atoms with Crippen LogP contribution in [0.5, 0.6) is 0 Å². The molecular formula is C49H62ClN9O7. The van der Waals surface area contributed by atoms with Crippen molar-refractivity contribution < 1.29 is 33.6 Å². The molecule has 4 aromatic rings. The van der Waals surface area contributed by atoms with Crippen LogP contribution in [-0.2, 0) is 59.2 Å². The molecule has 0 aliphatic carbocycles. The van der Waals surface area contributed by atoms with Gasteiger partial charge in [-0.25, -0.2) is 0 Å². The minimum Gasteiger partial charge on any atom is -0.370 e. The Balaban J connectivity index is 1.49. The number of amides is 7. The van der Waals surface area contributed by atoms with Crippen LogP contribution in [0, 0.1) is 5.92 Å². The van der Waals surface area contributed by atoms with Gasteiger partial charge in [-0.05, 0) is 59.9 Å². The molecule has 4 aromatic carbocycles. The number of nitrogens with one attached hydrogen (secondary N) is 6. The van der Waals surface area contributed by atoms with E-state index in [0.717, 1.165) is 5.56 Å². The second-order valence-electron chi connectivity index (χ2n) is 16.6. The summed E-state index contributed by atoms with van der Waals surface area (Å²) in [5.41, 5.74) is 20.3. The fraction of sp³-hybridized carbons (Fsp3) is 0.367. The van der Waals surface area contributed by atoms with E-state index in [4.69, 9.17) is 28.8 Å². The predicted molar refractivity (Wildman–Crippen MR) is 253 cm³/mol. The van der Waals surface area contributed by atoms with Crippen LogP contribution < -0.4 is 49.1 Å². The molecule has 0 aromatic heterocycles. The maximum atomic E-state index is 14.3. The van der Waals surface area contributed by atoms with Crippen molar-refractivity contribution in [1.29, 1.82) is 0 Å². The Morgan fingerprint density at radius 2 is 1.03 bits per heavy atom. The number of carbonyl (C=O) groups excluding carboxylic acids is 7. The Hall–Kier alpha value is -6.62. The Labute approximate surface area is 390 Å². The summed E-state index contributed by atoms with van der Waals surface area (Å²) in [7, 11) is 0. The summed E-state index contributed by atoms with van der Waals surface area (Å²) in [5.74, 6) is -4.45. The number of hydrogen-bond acceptors (Lipinski definition) is 9. The molecule has 0 fully saturated rings. The number of rotatable bonds is 27. The lowest BCUT2D eigenvalue weighted by Gasteiger charge is -2.26. The Morgan fingerprint density at radius 1 is 0.561 bits per heavy atom. The van der Waals surface area contributed by atoms with E-state index >= 15 is 0 Å². The molecule has 0 unspecified atom stereocenters. The topological polar surface area (TPSA) is 270 Å². The van der Waals surface area contributed by atoms with Gasteiger partial charge in [0.2, 0.25) is 41.4 Å². The fourth-order valence-electron chi connectivity index (χ4n) is 7.23. The van der Waals surface area contributed by atoms with E-state index in [1.165, 1.54) is 0 Å². The van der Waals surface area contributed by atoms with Crippen LogP contribution in [-0.4, -0.2) is 90.7 Å². The van der Waals surface area contributed by atoms with Gasteiger partial charge >= 0.3 is 0 Å². The number of primary amides is 2. The molecule has 6 atom stereocenters. The molecule has 0 spiro atoms. The number of carbonyl (C=O) groups is 7. The third kappa shape index (κ3) is 18.5. The largest absolute Gasteiger partial charge is 0.370 e. The quantitative estimate of drug-likeness (QED) is 0.0421. The monoisotopic (exact) mass is 923 g/mol. The first-order valence-electron chi connectivity index (χ1n) is 22.0. The zero-order valence-electron chi connectivity index (χ0n) is 37.3. The first-order chi connectivity index (χ1) is 31.6. The summed E-state index contributed by atoms with van der Waals surface area (Å²) < 4.78 is 0. The van der Waals surface area contributed by atoms with Crippen molar-refractivity contribution in [1.82, 2.24) is 31.9 Å². The molecule has 0 heterocycles. The number of nitrogens with two attached hydrogens (primary N) is 3. The van der Waals surface area contributed by atoms with Crippen molar-refractivity contribution in [3.8, 4) is 0 Å². The Kier molecular flexibility index (Phi) is 21.3. The molecule has 16 nitrogen and oxygen atoms in total. The van der Waals surface area contributed by atoms with Crippen LogP contribution in [0.15, 0.2) is 115 Å². The van der Waals surface area contributed by atoms with Crippen LogP contribution in [0.2, 0.25) is 5.02 Å². The lowest BCUT2D eigenvalue weighted by atomic mass is 10.0. The van der Waals surface area contributed by atoms with Crippen molar-refractivity contribution in [2.75, 3.05) is 13.1 Å². The average molecular weight is 925 g/mol. The minimum absolute atomic E-state index is 0.0176. The Bertz CT molecular complexity index is 2220. The summed E-state index contributed by atoms with van der Waals surface area (Å²) >= 11 is 6.28. The van der Waals surface area contributed by atoms with Gasteiger partial charge in [-0.2, -0.15) is 0 Å². The third-order valence-corrected chi connectivity index (χ3v) is 11.0. The maximum absolute atomic E-state index is 14.3. The second kappa shape index (κ2) is 27.0. The smallest absolute Gasteiger partial charge is 0.243 e. The molecular weight excluding hydrogens is 862 g/mol. The zero-order chi connectivity index (χ0) is 48.0. The van der Waals surface area contributed by atoms with Gasteiger partial charge in [-0.15, -0.1) is 0 Å². The summed E-state index contributed by atoms with van der Waals surface area (Å²) in [6.45, 7) is 3.80. The third-order valence-electron chi connectivity index (χ3n) is 10.7. The highest BCUT2D eigenvalue weighted by molar-refractivity contribution is 6.31. The number of hydrogen-bond donors (Lipinski definition) is 9. The molecule has 352 valence electrons. The summed E-state index contributed by atoms with van der Waals surface area (Å²) in [5, 5.41) is 17.3. The van der Waals surface area contributed by atoms with Gasteiger partial charge in [0.15, 0.2) is 0 Å². The van der Waals surface area contributed by atoms with E-state index in [0.29, 0.717) is 34.6 Å². The molecule has 17 heteroatoms. The maximum Gasteiger partial charge on any atom is 0.243 e. The first kappa shape index (κ1) is 52.0. The van der Waals surface area contributed by atoms with Crippen molar-refractivity contribution in [3.05, 3.63) is 143 Å². The van der Waals surface area contributed by atoms with Crippen LogP contribution in [0.4, 0.5) is 0 Å². The highest BCUT2D eigenvalue weighted by atomic mass is 35.5. The van der Waals surface area contributed by atoms with E-state index in [1.54, 1.807) is 84.9 Å². The second-order valence-corrected chi connectivity index (χ2v) is 17.0. The molecule has 0 saturated heterocycles. The van der Waals surface area contributed by atoms with Crippen LogP contribution in [0.1, 0.15) is 55.4 Å². The molecule has 66 heavy (non-hydrogen) atoms. The van der Waals surface area contributed by atoms with E-state index in [2.05, 4.69) is 31.9 Å². The lowest BCUT2D eigenvalue weighted by Crippen LogP contribution is -2.59. The molecule has 4 rings (SSSR count). The minimum atomic E-state index is -1.32. The van der Waals surface area contributed by atoms with Gasteiger partial charge in [0.05, 0.1) is 18.6 Å². The lowest BCUT2D eigenvalue weighted by molar-refractivity contribution is -0.134. The molecule has 0 aliphatic heterocycles. The fourth-order valence-corrected chi connectivity index (χ4v) is 7.44. The molecule has 0 bridgehead atoms. The predicted octanol–water partition coefficient (Wildman–Crippen LogP) is 1.75. The van der Waals surface area contributed by atoms with Gasteiger partial charge < -0.3 is 49.1 Å². The average Bonchev–Trinajstić information content (AvgIpc) is 3.29. The molecule has 12 N–H and O–H groups in total. The zero-order valence-corrected chi connectivity index (χ0v) is 38.1. The standard InChI is InChI=1S/C49H62ClN9O7/c1-31(2)24-36(29-54-40(45(53)62)25-32-14-6-3-7-15-32)56-44(61)30-55-47(64)41(26-33-16-8-4-9-17-33)58-49(66)42(27-34-18-10-5-11-19-34)59-48(65)39(22-23-43(52)60)57-46(63)38(51)28-35-20-12-13-21-37(35)50/h3-21,31,36,38-42,54H,22-30,51H2,1-2H3,(H2,52,60)(H2,53,62)(H,55,64)(H,56,61)(H,57,63)(H,58,66)(H,59,65)/t36-,38+,39-,40-,41-,42-/m0/s1. The highest BCUT2D eigenvalue weighted by Gasteiger charge is 2.32. The van der Waals surface area contributed by atoms with Gasteiger partial charge in [0, 0.05) is 36.9 Å². The summed E-state index contributed by atoms with van der Waals surface area (Å²) in [6.07, 6.45) is 0.540. The summed E-state index contributed by atoms with van der Waals surface area (Å²) in [6, 6.07) is 28.0. The van der Waals surface area contributed by atoms with E-state index < -0.39 is 84.1 Å².